The summed E-state index contributed by atoms with van der Waals surface area (Å²) in [5.41, 5.74) is 2.42. The normalized spacial score (nSPS) is 10.7. The van der Waals surface area contributed by atoms with E-state index in [9.17, 15) is 4.39 Å². The van der Waals surface area contributed by atoms with E-state index in [4.69, 9.17) is 23.2 Å². The minimum absolute atomic E-state index is 0.340. The van der Waals surface area contributed by atoms with Crippen LogP contribution in [-0.2, 0) is 13.6 Å². The van der Waals surface area contributed by atoms with E-state index < -0.39 is 0 Å². The minimum Gasteiger partial charge on any atom is -0.380 e. The third-order valence-electron chi connectivity index (χ3n) is 2.66. The maximum Gasteiger partial charge on any atom is 0.131 e. The van der Waals surface area contributed by atoms with Crippen LogP contribution in [-0.4, -0.2) is 9.78 Å². The van der Waals surface area contributed by atoms with Crippen molar-refractivity contribution in [2.24, 2.45) is 7.05 Å². The van der Waals surface area contributed by atoms with E-state index in [0.717, 1.165) is 11.3 Å². The number of nitrogens with one attached hydrogen (secondary N) is 1. The lowest BCUT2D eigenvalue weighted by Gasteiger charge is -2.08. The van der Waals surface area contributed by atoms with Gasteiger partial charge in [0.2, 0.25) is 0 Å². The van der Waals surface area contributed by atoms with Gasteiger partial charge >= 0.3 is 0 Å². The van der Waals surface area contributed by atoms with Crippen molar-refractivity contribution in [3.05, 3.63) is 45.4 Å². The molecule has 0 bridgehead atoms. The fourth-order valence-corrected chi connectivity index (χ4v) is 2.17. The topological polar surface area (TPSA) is 29.9 Å². The summed E-state index contributed by atoms with van der Waals surface area (Å²) in [6.45, 7) is 2.37. The Labute approximate surface area is 115 Å². The van der Waals surface area contributed by atoms with Gasteiger partial charge in [0, 0.05) is 19.2 Å². The molecule has 0 unspecified atom stereocenters. The van der Waals surface area contributed by atoms with Crippen molar-refractivity contribution in [3.8, 4) is 0 Å². The van der Waals surface area contributed by atoms with Gasteiger partial charge in [-0.25, -0.2) is 4.39 Å². The van der Waals surface area contributed by atoms with E-state index in [1.54, 1.807) is 17.8 Å². The Kier molecular flexibility index (Phi) is 3.78. The molecule has 1 heterocycles. The molecular weight excluding hydrogens is 276 g/mol. The molecule has 1 N–H and O–H groups in total. The highest BCUT2D eigenvalue weighted by atomic mass is 35.5. The van der Waals surface area contributed by atoms with E-state index in [1.807, 2.05) is 6.92 Å². The fourth-order valence-electron chi connectivity index (χ4n) is 1.69. The molecule has 0 atom stereocenters. The largest absolute Gasteiger partial charge is 0.380 e. The average Bonchev–Trinajstić information content (AvgIpc) is 2.53. The molecule has 0 amide bonds. The number of aromatic nitrogens is 2. The highest BCUT2D eigenvalue weighted by Gasteiger charge is 2.11. The molecule has 0 aliphatic heterocycles. The van der Waals surface area contributed by atoms with Gasteiger partial charge in [-0.15, -0.1) is 0 Å². The Bertz CT molecular complexity index is 581. The van der Waals surface area contributed by atoms with Gasteiger partial charge in [0.15, 0.2) is 0 Å². The Morgan fingerprint density at radius 2 is 2.11 bits per heavy atom. The van der Waals surface area contributed by atoms with Gasteiger partial charge < -0.3 is 5.32 Å². The molecular formula is C12H12Cl2FN3. The molecule has 0 saturated carbocycles. The molecule has 18 heavy (non-hydrogen) atoms. The quantitative estimate of drug-likeness (QED) is 0.931. The SMILES string of the molecule is Cc1nn(C)c(Cl)c1CNc1ccc(F)cc1Cl. The number of aryl methyl sites for hydroxylation is 2. The number of anilines is 1. The van der Waals surface area contributed by atoms with Gasteiger partial charge in [-0.3, -0.25) is 4.68 Å². The summed E-state index contributed by atoms with van der Waals surface area (Å²) in [6, 6.07) is 4.21. The predicted octanol–water partition coefficient (Wildman–Crippen LogP) is 3.79. The van der Waals surface area contributed by atoms with Crippen LogP contribution in [0.3, 0.4) is 0 Å². The van der Waals surface area contributed by atoms with Crippen molar-refractivity contribution in [2.45, 2.75) is 13.5 Å². The second-order valence-corrected chi connectivity index (χ2v) is 4.72. The summed E-state index contributed by atoms with van der Waals surface area (Å²) in [7, 11) is 1.78. The first-order valence-electron chi connectivity index (χ1n) is 5.36. The molecule has 2 aromatic rings. The van der Waals surface area contributed by atoms with Crippen molar-refractivity contribution >= 4 is 28.9 Å². The molecule has 96 valence electrons. The summed E-state index contributed by atoms with van der Waals surface area (Å²) < 4.78 is 14.5. The smallest absolute Gasteiger partial charge is 0.131 e. The van der Waals surface area contributed by atoms with Crippen LogP contribution >= 0.6 is 23.2 Å². The Hall–Kier alpha value is -1.26. The molecule has 0 fully saturated rings. The van der Waals surface area contributed by atoms with E-state index in [-0.39, 0.29) is 5.82 Å². The molecule has 3 nitrogen and oxygen atoms in total. The maximum absolute atomic E-state index is 12.9. The van der Waals surface area contributed by atoms with Crippen LogP contribution in [0.5, 0.6) is 0 Å². The van der Waals surface area contributed by atoms with Crippen LogP contribution in [0.1, 0.15) is 11.3 Å². The summed E-state index contributed by atoms with van der Waals surface area (Å²) in [5.74, 6) is -0.360. The van der Waals surface area contributed by atoms with Crippen LogP contribution in [0, 0.1) is 12.7 Å². The standard InChI is InChI=1S/C12H12Cl2FN3/c1-7-9(12(14)18(2)17-7)6-16-11-4-3-8(15)5-10(11)13/h3-5,16H,6H2,1-2H3. The van der Waals surface area contributed by atoms with Crippen molar-refractivity contribution in [1.29, 1.82) is 0 Å². The lowest BCUT2D eigenvalue weighted by molar-refractivity contribution is 0.628. The van der Waals surface area contributed by atoms with Crippen LogP contribution < -0.4 is 5.32 Å². The third kappa shape index (κ3) is 2.60. The third-order valence-corrected chi connectivity index (χ3v) is 3.44. The summed E-state index contributed by atoms with van der Waals surface area (Å²) in [6.07, 6.45) is 0. The van der Waals surface area contributed by atoms with Crippen LogP contribution in [0.15, 0.2) is 18.2 Å². The molecule has 2 rings (SSSR count). The van der Waals surface area contributed by atoms with Gasteiger partial charge in [0.25, 0.3) is 0 Å². The maximum atomic E-state index is 12.9. The number of halogens is 3. The van der Waals surface area contributed by atoms with Gasteiger partial charge in [0.05, 0.1) is 16.4 Å². The zero-order valence-corrected chi connectivity index (χ0v) is 11.5. The summed E-state index contributed by atoms with van der Waals surface area (Å²) in [5, 5.41) is 8.25. The number of benzene rings is 1. The molecule has 0 spiro atoms. The van der Waals surface area contributed by atoms with E-state index in [0.29, 0.717) is 22.4 Å². The second kappa shape index (κ2) is 5.16. The second-order valence-electron chi connectivity index (χ2n) is 3.96. The molecule has 0 aliphatic carbocycles. The van der Waals surface area contributed by atoms with Gasteiger partial charge in [-0.1, -0.05) is 23.2 Å². The Balaban J connectivity index is 2.16. The van der Waals surface area contributed by atoms with Gasteiger partial charge in [0.1, 0.15) is 11.0 Å². The monoisotopic (exact) mass is 287 g/mol. The highest BCUT2D eigenvalue weighted by Crippen LogP contribution is 2.25. The van der Waals surface area contributed by atoms with E-state index >= 15 is 0 Å². The molecule has 0 saturated heterocycles. The lowest BCUT2D eigenvalue weighted by atomic mass is 10.2. The van der Waals surface area contributed by atoms with Gasteiger partial charge in [-0.05, 0) is 25.1 Å². The summed E-state index contributed by atoms with van der Waals surface area (Å²) in [4.78, 5) is 0. The molecule has 0 radical (unpaired) electrons. The fraction of sp³-hybridized carbons (Fsp3) is 0.250. The van der Waals surface area contributed by atoms with Gasteiger partial charge in [-0.2, -0.15) is 5.10 Å². The van der Waals surface area contributed by atoms with Crippen LogP contribution in [0.4, 0.5) is 10.1 Å². The van der Waals surface area contributed by atoms with Crippen LogP contribution in [0.25, 0.3) is 0 Å². The van der Waals surface area contributed by atoms with Crippen LogP contribution in [0.2, 0.25) is 10.2 Å². The van der Waals surface area contributed by atoms with E-state index in [1.165, 1.54) is 12.1 Å². The molecule has 1 aromatic carbocycles. The zero-order valence-electron chi connectivity index (χ0n) is 9.97. The Morgan fingerprint density at radius 3 is 2.67 bits per heavy atom. The van der Waals surface area contributed by atoms with Crippen molar-refractivity contribution in [2.75, 3.05) is 5.32 Å². The lowest BCUT2D eigenvalue weighted by Crippen LogP contribution is -2.01. The summed E-state index contributed by atoms with van der Waals surface area (Å²) >= 11 is 12.0. The number of hydrogen-bond acceptors (Lipinski definition) is 2. The van der Waals surface area contributed by atoms with Crippen molar-refractivity contribution in [1.82, 2.24) is 9.78 Å². The molecule has 6 heteroatoms. The number of hydrogen-bond donors (Lipinski definition) is 1. The predicted molar refractivity (Wildman–Crippen MR) is 71.7 cm³/mol. The van der Waals surface area contributed by atoms with E-state index in [2.05, 4.69) is 10.4 Å². The average molecular weight is 288 g/mol. The van der Waals surface area contributed by atoms with Crippen molar-refractivity contribution < 1.29 is 4.39 Å². The van der Waals surface area contributed by atoms with Crippen molar-refractivity contribution in [3.63, 3.8) is 0 Å². The first-order chi connectivity index (χ1) is 8.49. The number of rotatable bonds is 3. The minimum atomic E-state index is -0.360. The highest BCUT2D eigenvalue weighted by molar-refractivity contribution is 6.33. The first kappa shape index (κ1) is 13.2. The molecule has 0 aliphatic rings. The Morgan fingerprint density at radius 1 is 1.39 bits per heavy atom. The number of nitrogens with zero attached hydrogens (tertiary/aromatic N) is 2. The molecule has 1 aromatic heterocycles. The first-order valence-corrected chi connectivity index (χ1v) is 6.11. The zero-order chi connectivity index (χ0) is 13.3.